The predicted octanol–water partition coefficient (Wildman–Crippen LogP) is 2.98. The van der Waals surface area contributed by atoms with Crippen LogP contribution in [-0.2, 0) is 4.79 Å². The molecule has 0 bridgehead atoms. The van der Waals surface area contributed by atoms with Crippen LogP contribution in [0.1, 0.15) is 6.92 Å². The maximum atomic E-state index is 13.8. The number of amides is 1. The van der Waals surface area contributed by atoms with E-state index in [-0.39, 0.29) is 22.6 Å². The Kier molecular flexibility index (Phi) is 5.92. The van der Waals surface area contributed by atoms with E-state index in [4.69, 9.17) is 16.3 Å². The van der Waals surface area contributed by atoms with Crippen molar-refractivity contribution in [3.05, 3.63) is 41.4 Å². The molecule has 0 radical (unpaired) electrons. The number of anilines is 1. The normalized spacial score (nSPS) is 10.4. The monoisotopic (exact) mass is 352 g/mol. The van der Waals surface area contributed by atoms with Gasteiger partial charge in [0.1, 0.15) is 0 Å². The molecular formula is C16H18ClFN4O2. The molecule has 0 unspecified atom stereocenters. The second-order valence-electron chi connectivity index (χ2n) is 5.25. The number of ether oxygens (including phenoxy) is 1. The topological polar surface area (TPSA) is 58.6 Å². The number of nitrogens with zero attached hydrogens (tertiary/aromatic N) is 4. The summed E-state index contributed by atoms with van der Waals surface area (Å²) < 4.78 is 19.2. The Labute approximate surface area is 144 Å². The second kappa shape index (κ2) is 7.92. The Bertz CT molecular complexity index is 729. The lowest BCUT2D eigenvalue weighted by molar-refractivity contribution is -0.127. The third kappa shape index (κ3) is 4.79. The van der Waals surface area contributed by atoms with Crippen LogP contribution in [0.2, 0.25) is 5.02 Å². The molecule has 1 heterocycles. The summed E-state index contributed by atoms with van der Waals surface area (Å²) in [4.78, 5) is 23.0. The van der Waals surface area contributed by atoms with Crippen molar-refractivity contribution in [2.24, 2.45) is 0 Å². The summed E-state index contributed by atoms with van der Waals surface area (Å²) in [5.74, 6) is 0.153. The summed E-state index contributed by atoms with van der Waals surface area (Å²) in [6.45, 7) is 2.63. The molecule has 0 spiro atoms. The highest BCUT2D eigenvalue weighted by Gasteiger charge is 2.10. The standard InChI is InChI=1S/C16H18ClFN4O2/c1-11(23)21(2)6-7-22(3)15-9-19-10-16(20-15)24-14-5-4-12(17)8-13(14)18/h4-5,8-10H,6-7H2,1-3H3. The van der Waals surface area contributed by atoms with E-state index in [1.807, 2.05) is 11.9 Å². The molecule has 0 N–H and O–H groups in total. The highest BCUT2D eigenvalue weighted by Crippen LogP contribution is 2.26. The lowest BCUT2D eigenvalue weighted by Crippen LogP contribution is -2.33. The summed E-state index contributed by atoms with van der Waals surface area (Å²) >= 11 is 5.71. The fourth-order valence-corrected chi connectivity index (χ4v) is 1.97. The molecule has 0 atom stereocenters. The van der Waals surface area contributed by atoms with E-state index in [9.17, 15) is 9.18 Å². The summed E-state index contributed by atoms with van der Waals surface area (Å²) in [6.07, 6.45) is 2.96. The molecule has 8 heteroatoms. The third-order valence-electron chi connectivity index (χ3n) is 3.41. The molecule has 0 fully saturated rings. The fraction of sp³-hybridized carbons (Fsp3) is 0.312. The minimum absolute atomic E-state index is 0.00946. The van der Waals surface area contributed by atoms with Gasteiger partial charge < -0.3 is 14.5 Å². The van der Waals surface area contributed by atoms with Gasteiger partial charge in [0.15, 0.2) is 17.4 Å². The number of carbonyl (C=O) groups is 1. The number of benzene rings is 1. The Hall–Kier alpha value is -2.41. The molecule has 128 valence electrons. The van der Waals surface area contributed by atoms with Gasteiger partial charge in [-0.15, -0.1) is 0 Å². The van der Waals surface area contributed by atoms with Gasteiger partial charge >= 0.3 is 0 Å². The average molecular weight is 353 g/mol. The van der Waals surface area contributed by atoms with E-state index < -0.39 is 5.82 Å². The van der Waals surface area contributed by atoms with Gasteiger partial charge in [0, 0.05) is 39.1 Å². The molecule has 0 saturated heterocycles. The molecule has 1 aromatic carbocycles. The van der Waals surface area contributed by atoms with Crippen molar-refractivity contribution in [2.75, 3.05) is 32.1 Å². The minimum Gasteiger partial charge on any atom is -0.434 e. The molecular weight excluding hydrogens is 335 g/mol. The van der Waals surface area contributed by atoms with Gasteiger partial charge in [0.05, 0.1) is 12.4 Å². The van der Waals surface area contributed by atoms with E-state index in [2.05, 4.69) is 9.97 Å². The lowest BCUT2D eigenvalue weighted by atomic mass is 10.3. The van der Waals surface area contributed by atoms with Crippen LogP contribution in [0.15, 0.2) is 30.6 Å². The molecule has 0 aliphatic carbocycles. The molecule has 1 amide bonds. The molecule has 0 aliphatic rings. The molecule has 1 aromatic heterocycles. The predicted molar refractivity (Wildman–Crippen MR) is 90.1 cm³/mol. The Morgan fingerprint density at radius 1 is 1.29 bits per heavy atom. The second-order valence-corrected chi connectivity index (χ2v) is 5.69. The maximum absolute atomic E-state index is 13.8. The lowest BCUT2D eigenvalue weighted by Gasteiger charge is -2.22. The summed E-state index contributed by atoms with van der Waals surface area (Å²) in [5, 5.41) is 0.286. The van der Waals surface area contributed by atoms with Crippen LogP contribution in [0.3, 0.4) is 0 Å². The fourth-order valence-electron chi connectivity index (χ4n) is 1.81. The van der Waals surface area contributed by atoms with E-state index in [1.165, 1.54) is 25.3 Å². The zero-order valence-electron chi connectivity index (χ0n) is 13.7. The van der Waals surface area contributed by atoms with Gasteiger partial charge in [-0.3, -0.25) is 9.78 Å². The molecule has 2 aromatic rings. The number of rotatable bonds is 6. The van der Waals surface area contributed by atoms with Crippen molar-refractivity contribution in [3.63, 3.8) is 0 Å². The first-order valence-electron chi connectivity index (χ1n) is 7.24. The maximum Gasteiger partial charge on any atom is 0.239 e. The van der Waals surface area contributed by atoms with E-state index in [1.54, 1.807) is 18.1 Å². The smallest absolute Gasteiger partial charge is 0.239 e. The molecule has 0 saturated carbocycles. The number of hydrogen-bond acceptors (Lipinski definition) is 5. The number of hydrogen-bond donors (Lipinski definition) is 0. The van der Waals surface area contributed by atoms with Gasteiger partial charge in [-0.1, -0.05) is 11.6 Å². The SMILES string of the molecule is CC(=O)N(C)CCN(C)c1cncc(Oc2ccc(Cl)cc2F)n1. The van der Waals surface area contributed by atoms with Gasteiger partial charge in [-0.2, -0.15) is 4.98 Å². The van der Waals surface area contributed by atoms with Crippen molar-refractivity contribution in [1.82, 2.24) is 14.9 Å². The Morgan fingerprint density at radius 2 is 2.04 bits per heavy atom. The number of aromatic nitrogens is 2. The van der Waals surface area contributed by atoms with E-state index >= 15 is 0 Å². The number of likely N-dealkylation sites (N-methyl/N-ethyl adjacent to an activating group) is 2. The van der Waals surface area contributed by atoms with Crippen molar-refractivity contribution in [3.8, 4) is 11.6 Å². The van der Waals surface area contributed by atoms with Crippen LogP contribution in [0.4, 0.5) is 10.2 Å². The highest BCUT2D eigenvalue weighted by atomic mass is 35.5. The van der Waals surface area contributed by atoms with Crippen molar-refractivity contribution < 1.29 is 13.9 Å². The average Bonchev–Trinajstić information content (AvgIpc) is 2.55. The van der Waals surface area contributed by atoms with Crippen LogP contribution in [0.25, 0.3) is 0 Å². The first-order valence-corrected chi connectivity index (χ1v) is 7.62. The molecule has 24 heavy (non-hydrogen) atoms. The van der Waals surface area contributed by atoms with Crippen LogP contribution in [0, 0.1) is 5.82 Å². The van der Waals surface area contributed by atoms with Gasteiger partial charge in [-0.05, 0) is 18.2 Å². The largest absolute Gasteiger partial charge is 0.434 e. The first-order chi connectivity index (χ1) is 11.4. The van der Waals surface area contributed by atoms with Crippen LogP contribution >= 0.6 is 11.6 Å². The quantitative estimate of drug-likeness (QED) is 0.800. The van der Waals surface area contributed by atoms with Crippen LogP contribution in [-0.4, -0.2) is 48.0 Å². The van der Waals surface area contributed by atoms with Crippen molar-refractivity contribution in [1.29, 1.82) is 0 Å². The zero-order chi connectivity index (χ0) is 17.7. The molecule has 2 rings (SSSR count). The van der Waals surface area contributed by atoms with Crippen LogP contribution in [0.5, 0.6) is 11.6 Å². The molecule has 6 nitrogen and oxygen atoms in total. The first kappa shape index (κ1) is 17.9. The summed E-state index contributed by atoms with van der Waals surface area (Å²) in [6, 6.07) is 4.12. The van der Waals surface area contributed by atoms with Crippen molar-refractivity contribution >= 4 is 23.3 Å². The van der Waals surface area contributed by atoms with Gasteiger partial charge in [0.2, 0.25) is 11.8 Å². The van der Waals surface area contributed by atoms with E-state index in [0.717, 1.165) is 6.07 Å². The zero-order valence-corrected chi connectivity index (χ0v) is 14.4. The van der Waals surface area contributed by atoms with Crippen LogP contribution < -0.4 is 9.64 Å². The summed E-state index contributed by atoms with van der Waals surface area (Å²) in [5.41, 5.74) is 0. The number of halogens is 2. The van der Waals surface area contributed by atoms with Gasteiger partial charge in [0.25, 0.3) is 0 Å². The third-order valence-corrected chi connectivity index (χ3v) is 3.64. The molecule has 0 aliphatic heterocycles. The minimum atomic E-state index is -0.578. The Balaban J connectivity index is 2.06. The van der Waals surface area contributed by atoms with Gasteiger partial charge in [-0.25, -0.2) is 4.39 Å². The van der Waals surface area contributed by atoms with Crippen molar-refractivity contribution in [2.45, 2.75) is 6.92 Å². The highest BCUT2D eigenvalue weighted by molar-refractivity contribution is 6.30. The summed E-state index contributed by atoms with van der Waals surface area (Å²) in [7, 11) is 3.55. The number of carbonyl (C=O) groups excluding carboxylic acids is 1. The Morgan fingerprint density at radius 3 is 2.71 bits per heavy atom. The van der Waals surface area contributed by atoms with E-state index in [0.29, 0.717) is 18.9 Å².